The Balaban J connectivity index is 2.19. The highest BCUT2D eigenvalue weighted by Crippen LogP contribution is 2.18. The van der Waals surface area contributed by atoms with E-state index in [0.29, 0.717) is 17.7 Å². The predicted octanol–water partition coefficient (Wildman–Crippen LogP) is 2.34. The van der Waals surface area contributed by atoms with E-state index in [0.717, 1.165) is 4.88 Å². The smallest absolute Gasteiger partial charge is 0.218 e. The maximum Gasteiger partial charge on any atom is 0.218 e. The van der Waals surface area contributed by atoms with E-state index in [1.54, 1.807) is 31.3 Å². The van der Waals surface area contributed by atoms with Crippen molar-refractivity contribution in [1.82, 2.24) is 4.31 Å². The number of sulfonamides is 1. The largest absolute Gasteiger partial charge is 0.389 e. The van der Waals surface area contributed by atoms with E-state index in [1.807, 2.05) is 17.5 Å². The lowest BCUT2D eigenvalue weighted by Gasteiger charge is -2.17. The van der Waals surface area contributed by atoms with Crippen molar-refractivity contribution in [1.29, 1.82) is 0 Å². The average Bonchev–Trinajstić information content (AvgIpc) is 2.91. The van der Waals surface area contributed by atoms with Crippen LogP contribution in [0.3, 0.4) is 0 Å². The Labute approximate surface area is 134 Å². The zero-order valence-corrected chi connectivity index (χ0v) is 14.0. The molecular formula is C14H16N2O2S3. The number of hydrogen-bond donors (Lipinski definition) is 1. The van der Waals surface area contributed by atoms with Gasteiger partial charge in [0, 0.05) is 24.0 Å². The minimum atomic E-state index is -3.42. The molecule has 0 aliphatic carbocycles. The second kappa shape index (κ2) is 6.65. The van der Waals surface area contributed by atoms with Crippen molar-refractivity contribution in [3.8, 4) is 0 Å². The fraction of sp³-hybridized carbons (Fsp3) is 0.214. The standard InChI is InChI=1S/C14H16N2O2S3/c1-16(9-12-6-4-8-20-12)21(17,18)10-11-5-2-3-7-13(11)14(15)19/h2-8H,9-10H2,1H3,(H2,15,19). The van der Waals surface area contributed by atoms with Gasteiger partial charge in [-0.25, -0.2) is 8.42 Å². The van der Waals surface area contributed by atoms with Gasteiger partial charge in [0.15, 0.2) is 0 Å². The van der Waals surface area contributed by atoms with Crippen molar-refractivity contribution in [2.45, 2.75) is 12.3 Å². The first-order valence-electron chi connectivity index (χ1n) is 6.24. The molecule has 1 aromatic carbocycles. The van der Waals surface area contributed by atoms with Crippen LogP contribution in [0.5, 0.6) is 0 Å². The summed E-state index contributed by atoms with van der Waals surface area (Å²) in [5.74, 6) is -0.109. The SMILES string of the molecule is CN(Cc1cccs1)S(=O)(=O)Cc1ccccc1C(N)=S. The van der Waals surface area contributed by atoms with E-state index in [-0.39, 0.29) is 10.7 Å². The third-order valence-corrected chi connectivity index (χ3v) is 5.89. The molecule has 0 spiro atoms. The summed E-state index contributed by atoms with van der Waals surface area (Å²) in [7, 11) is -1.84. The number of thiocarbonyl (C=S) groups is 1. The molecule has 112 valence electrons. The summed E-state index contributed by atoms with van der Waals surface area (Å²) >= 11 is 6.50. The zero-order valence-electron chi connectivity index (χ0n) is 11.5. The lowest BCUT2D eigenvalue weighted by Crippen LogP contribution is -2.28. The molecule has 2 aromatic rings. The Morgan fingerprint density at radius 1 is 1.29 bits per heavy atom. The molecule has 0 radical (unpaired) electrons. The first-order valence-corrected chi connectivity index (χ1v) is 9.14. The average molecular weight is 340 g/mol. The summed E-state index contributed by atoms with van der Waals surface area (Å²) in [6.45, 7) is 0.370. The number of thiophene rings is 1. The van der Waals surface area contributed by atoms with Gasteiger partial charge >= 0.3 is 0 Å². The predicted molar refractivity (Wildman–Crippen MR) is 90.7 cm³/mol. The second-order valence-electron chi connectivity index (χ2n) is 4.61. The molecule has 4 nitrogen and oxygen atoms in total. The lowest BCUT2D eigenvalue weighted by molar-refractivity contribution is 0.469. The van der Waals surface area contributed by atoms with E-state index >= 15 is 0 Å². The van der Waals surface area contributed by atoms with Gasteiger partial charge in [-0.3, -0.25) is 0 Å². The van der Waals surface area contributed by atoms with Crippen molar-refractivity contribution in [2.75, 3.05) is 7.05 Å². The highest BCUT2D eigenvalue weighted by atomic mass is 32.2. The molecule has 0 bridgehead atoms. The molecule has 2 N–H and O–H groups in total. The highest BCUT2D eigenvalue weighted by molar-refractivity contribution is 7.88. The summed E-state index contributed by atoms with van der Waals surface area (Å²) in [5, 5.41) is 1.93. The normalized spacial score (nSPS) is 11.7. The van der Waals surface area contributed by atoms with Crippen molar-refractivity contribution in [3.05, 3.63) is 57.8 Å². The van der Waals surface area contributed by atoms with E-state index in [1.165, 1.54) is 15.6 Å². The fourth-order valence-electron chi connectivity index (χ4n) is 1.91. The Morgan fingerprint density at radius 3 is 2.62 bits per heavy atom. The number of nitrogens with two attached hydrogens (primary N) is 1. The molecule has 1 aromatic heterocycles. The Kier molecular flexibility index (Phi) is 5.10. The molecule has 7 heteroatoms. The van der Waals surface area contributed by atoms with Crippen molar-refractivity contribution in [3.63, 3.8) is 0 Å². The Morgan fingerprint density at radius 2 is 2.00 bits per heavy atom. The van der Waals surface area contributed by atoms with Crippen LogP contribution in [0.25, 0.3) is 0 Å². The van der Waals surface area contributed by atoms with Crippen LogP contribution < -0.4 is 5.73 Å². The van der Waals surface area contributed by atoms with Crippen molar-refractivity contribution in [2.24, 2.45) is 5.73 Å². The van der Waals surface area contributed by atoms with Gasteiger partial charge in [-0.1, -0.05) is 42.5 Å². The first kappa shape index (κ1) is 16.1. The van der Waals surface area contributed by atoms with Crippen molar-refractivity contribution >= 4 is 38.6 Å². The minimum absolute atomic E-state index is 0.109. The van der Waals surface area contributed by atoms with Crippen molar-refractivity contribution < 1.29 is 8.42 Å². The molecule has 0 saturated heterocycles. The summed E-state index contributed by atoms with van der Waals surface area (Å²) in [5.41, 5.74) is 6.88. The van der Waals surface area contributed by atoms with Crippen LogP contribution >= 0.6 is 23.6 Å². The van der Waals surface area contributed by atoms with E-state index < -0.39 is 10.0 Å². The summed E-state index contributed by atoms with van der Waals surface area (Å²) < 4.78 is 26.3. The topological polar surface area (TPSA) is 63.4 Å². The van der Waals surface area contributed by atoms with E-state index in [2.05, 4.69) is 0 Å². The van der Waals surface area contributed by atoms with Crippen LogP contribution in [0.4, 0.5) is 0 Å². The van der Waals surface area contributed by atoms with E-state index in [9.17, 15) is 8.42 Å². The quantitative estimate of drug-likeness (QED) is 0.820. The molecule has 1 heterocycles. The van der Waals surface area contributed by atoms with Gasteiger partial charge in [-0.2, -0.15) is 4.31 Å². The Bertz CT molecular complexity index is 724. The molecule has 2 rings (SSSR count). The van der Waals surface area contributed by atoms with Gasteiger partial charge in [0.05, 0.1) is 5.75 Å². The summed E-state index contributed by atoms with van der Waals surface area (Å²) in [4.78, 5) is 1.21. The molecule has 0 saturated carbocycles. The number of hydrogen-bond acceptors (Lipinski definition) is 4. The number of benzene rings is 1. The third kappa shape index (κ3) is 4.10. The van der Waals surface area contributed by atoms with Gasteiger partial charge in [-0.15, -0.1) is 11.3 Å². The molecule has 0 unspecified atom stereocenters. The van der Waals surface area contributed by atoms with Gasteiger partial charge in [0.2, 0.25) is 10.0 Å². The highest BCUT2D eigenvalue weighted by Gasteiger charge is 2.21. The molecule has 0 aliphatic heterocycles. The fourth-order valence-corrected chi connectivity index (χ4v) is 4.15. The third-order valence-electron chi connectivity index (χ3n) is 3.05. The lowest BCUT2D eigenvalue weighted by atomic mass is 10.1. The van der Waals surface area contributed by atoms with Crippen LogP contribution in [0.15, 0.2) is 41.8 Å². The van der Waals surface area contributed by atoms with Crippen LogP contribution in [0.1, 0.15) is 16.0 Å². The summed E-state index contributed by atoms with van der Waals surface area (Å²) in [6, 6.07) is 10.9. The molecule has 0 fully saturated rings. The van der Waals surface area contributed by atoms with Crippen LogP contribution in [0, 0.1) is 0 Å². The maximum atomic E-state index is 12.4. The number of rotatable bonds is 6. The molecule has 0 atom stereocenters. The van der Waals surface area contributed by atoms with Gasteiger partial charge in [0.1, 0.15) is 4.99 Å². The number of nitrogens with zero attached hydrogens (tertiary/aromatic N) is 1. The molecular weight excluding hydrogens is 324 g/mol. The molecule has 21 heavy (non-hydrogen) atoms. The second-order valence-corrected chi connectivity index (χ2v) is 8.16. The zero-order chi connectivity index (χ0) is 15.5. The monoisotopic (exact) mass is 340 g/mol. The Hall–Kier alpha value is -1.28. The maximum absolute atomic E-state index is 12.4. The van der Waals surface area contributed by atoms with E-state index in [4.69, 9.17) is 18.0 Å². The molecule has 0 aliphatic rings. The summed E-state index contributed by atoms with van der Waals surface area (Å²) in [6.07, 6.45) is 0. The minimum Gasteiger partial charge on any atom is -0.389 e. The first-order chi connectivity index (χ1) is 9.90. The van der Waals surface area contributed by atoms with Gasteiger partial charge in [0.25, 0.3) is 0 Å². The van der Waals surface area contributed by atoms with Crippen LogP contribution in [0.2, 0.25) is 0 Å². The van der Waals surface area contributed by atoms with Crippen LogP contribution in [-0.2, 0) is 22.3 Å². The van der Waals surface area contributed by atoms with Crippen LogP contribution in [-0.4, -0.2) is 24.8 Å². The van der Waals surface area contributed by atoms with Gasteiger partial charge in [-0.05, 0) is 17.0 Å². The molecule has 0 amide bonds. The van der Waals surface area contributed by atoms with Gasteiger partial charge < -0.3 is 5.73 Å².